The summed E-state index contributed by atoms with van der Waals surface area (Å²) in [5, 5.41) is 8.90. The number of hydrogen-bond donors (Lipinski definition) is 0. The number of hydrogen-bond acceptors (Lipinski definition) is 3. The van der Waals surface area contributed by atoms with Gasteiger partial charge >= 0.3 is 0 Å². The molecule has 0 fully saturated rings. The number of nitriles is 1. The van der Waals surface area contributed by atoms with Crippen LogP contribution < -0.4 is 4.74 Å². The molecule has 0 radical (unpaired) electrons. The summed E-state index contributed by atoms with van der Waals surface area (Å²) >= 11 is 3.23. The normalized spacial score (nSPS) is 14.1. The van der Waals surface area contributed by atoms with Crippen LogP contribution in [-0.4, -0.2) is 12.4 Å². The molecule has 0 spiro atoms. The zero-order valence-electron chi connectivity index (χ0n) is 7.21. The van der Waals surface area contributed by atoms with Gasteiger partial charge in [0.15, 0.2) is 5.78 Å². The minimum Gasteiger partial charge on any atom is -0.492 e. The minimum atomic E-state index is -0.0240. The molecule has 0 saturated carbocycles. The first-order valence-corrected chi connectivity index (χ1v) is 4.92. The molecule has 0 amide bonds. The third-order valence-corrected chi connectivity index (χ3v) is 2.75. The largest absolute Gasteiger partial charge is 0.492 e. The summed E-state index contributed by atoms with van der Waals surface area (Å²) in [5.74, 6) is 0.491. The van der Waals surface area contributed by atoms with E-state index in [-0.39, 0.29) is 5.78 Å². The summed E-state index contributed by atoms with van der Waals surface area (Å²) in [5.41, 5.74) is 0.778. The molecule has 0 aromatic heterocycles. The SMILES string of the molecule is N#Cc1c(Br)ccc2c1C(=O)CCO2. The van der Waals surface area contributed by atoms with Gasteiger partial charge in [-0.05, 0) is 28.1 Å². The first-order valence-electron chi connectivity index (χ1n) is 4.12. The molecule has 1 aromatic rings. The fourth-order valence-electron chi connectivity index (χ4n) is 1.44. The number of carbonyl (C=O) groups is 1. The van der Waals surface area contributed by atoms with Gasteiger partial charge in [-0.3, -0.25) is 4.79 Å². The number of halogens is 1. The smallest absolute Gasteiger partial charge is 0.171 e. The molecule has 1 aliphatic rings. The van der Waals surface area contributed by atoms with Crippen LogP contribution in [0.2, 0.25) is 0 Å². The fourth-order valence-corrected chi connectivity index (χ4v) is 1.86. The first-order chi connectivity index (χ1) is 6.74. The summed E-state index contributed by atoms with van der Waals surface area (Å²) in [6, 6.07) is 5.43. The zero-order chi connectivity index (χ0) is 10.1. The van der Waals surface area contributed by atoms with Crippen molar-refractivity contribution in [2.24, 2.45) is 0 Å². The molecule has 0 atom stereocenters. The van der Waals surface area contributed by atoms with Crippen LogP contribution in [0, 0.1) is 11.3 Å². The van der Waals surface area contributed by atoms with E-state index in [9.17, 15) is 4.79 Å². The maximum absolute atomic E-state index is 11.6. The molecular formula is C10H6BrNO2. The molecule has 0 bridgehead atoms. The molecule has 1 heterocycles. The van der Waals surface area contributed by atoms with Gasteiger partial charge in [0.25, 0.3) is 0 Å². The standard InChI is InChI=1S/C10H6BrNO2/c11-7-1-2-9-10(6(7)5-12)8(13)3-4-14-9/h1-2H,3-4H2. The monoisotopic (exact) mass is 251 g/mol. The van der Waals surface area contributed by atoms with Gasteiger partial charge in [0.05, 0.1) is 17.7 Å². The molecule has 1 aromatic carbocycles. The highest BCUT2D eigenvalue weighted by atomic mass is 79.9. The van der Waals surface area contributed by atoms with Crippen LogP contribution in [0.3, 0.4) is 0 Å². The van der Waals surface area contributed by atoms with E-state index in [0.29, 0.717) is 34.4 Å². The number of rotatable bonds is 0. The topological polar surface area (TPSA) is 50.1 Å². The second-order valence-corrected chi connectivity index (χ2v) is 3.78. The number of benzene rings is 1. The lowest BCUT2D eigenvalue weighted by Crippen LogP contribution is -2.16. The Morgan fingerprint density at radius 2 is 2.29 bits per heavy atom. The van der Waals surface area contributed by atoms with E-state index in [0.717, 1.165) is 0 Å². The van der Waals surface area contributed by atoms with Gasteiger partial charge in [0.2, 0.25) is 0 Å². The molecule has 0 saturated heterocycles. The molecule has 1 aliphatic heterocycles. The van der Waals surface area contributed by atoms with E-state index in [4.69, 9.17) is 10.00 Å². The summed E-state index contributed by atoms with van der Waals surface area (Å²) < 4.78 is 5.94. The molecule has 0 unspecified atom stereocenters. The lowest BCUT2D eigenvalue weighted by atomic mass is 9.99. The van der Waals surface area contributed by atoms with Crippen LogP contribution in [0.5, 0.6) is 5.75 Å². The van der Waals surface area contributed by atoms with Crippen molar-refractivity contribution >= 4 is 21.7 Å². The molecule has 4 heteroatoms. The number of Topliss-reactive ketones (excluding diaryl/α,β-unsaturated/α-hetero) is 1. The third kappa shape index (κ3) is 1.30. The van der Waals surface area contributed by atoms with Gasteiger partial charge in [-0.15, -0.1) is 0 Å². The van der Waals surface area contributed by atoms with Crippen molar-refractivity contribution in [3.63, 3.8) is 0 Å². The molecule has 0 N–H and O–H groups in total. The van der Waals surface area contributed by atoms with E-state index >= 15 is 0 Å². The average Bonchev–Trinajstić information content (AvgIpc) is 2.19. The summed E-state index contributed by atoms with van der Waals surface area (Å²) in [6.07, 6.45) is 0.345. The van der Waals surface area contributed by atoms with Gasteiger partial charge in [-0.1, -0.05) is 0 Å². The lowest BCUT2D eigenvalue weighted by molar-refractivity contribution is 0.0933. The predicted molar refractivity (Wildman–Crippen MR) is 53.3 cm³/mol. The van der Waals surface area contributed by atoms with Crippen molar-refractivity contribution in [1.82, 2.24) is 0 Å². The van der Waals surface area contributed by atoms with E-state index in [1.165, 1.54) is 0 Å². The number of fused-ring (bicyclic) bond motifs is 1. The maximum Gasteiger partial charge on any atom is 0.171 e. The van der Waals surface area contributed by atoms with Crippen molar-refractivity contribution in [1.29, 1.82) is 5.26 Å². The Labute approximate surface area is 89.4 Å². The summed E-state index contributed by atoms with van der Waals surface area (Å²) in [7, 11) is 0. The van der Waals surface area contributed by atoms with E-state index in [1.807, 2.05) is 6.07 Å². The van der Waals surface area contributed by atoms with Gasteiger partial charge < -0.3 is 4.74 Å². The molecule has 14 heavy (non-hydrogen) atoms. The number of carbonyl (C=O) groups excluding carboxylic acids is 1. The van der Waals surface area contributed by atoms with Crippen LogP contribution in [0.4, 0.5) is 0 Å². The Bertz CT molecular complexity index is 448. The van der Waals surface area contributed by atoms with E-state index in [1.54, 1.807) is 12.1 Å². The summed E-state index contributed by atoms with van der Waals surface area (Å²) in [4.78, 5) is 11.6. The lowest BCUT2D eigenvalue weighted by Gasteiger charge is -2.17. The van der Waals surface area contributed by atoms with Crippen LogP contribution in [0.25, 0.3) is 0 Å². The van der Waals surface area contributed by atoms with Crippen LogP contribution in [0.15, 0.2) is 16.6 Å². The van der Waals surface area contributed by atoms with E-state index < -0.39 is 0 Å². The number of nitrogens with zero attached hydrogens (tertiary/aromatic N) is 1. The van der Waals surface area contributed by atoms with E-state index in [2.05, 4.69) is 15.9 Å². The Morgan fingerprint density at radius 3 is 3.00 bits per heavy atom. The highest BCUT2D eigenvalue weighted by Gasteiger charge is 2.23. The molecular weight excluding hydrogens is 246 g/mol. The molecule has 3 nitrogen and oxygen atoms in total. The fraction of sp³-hybridized carbons (Fsp3) is 0.200. The summed E-state index contributed by atoms with van der Waals surface area (Å²) in [6.45, 7) is 0.401. The van der Waals surface area contributed by atoms with Crippen LogP contribution in [-0.2, 0) is 0 Å². The van der Waals surface area contributed by atoms with Crippen molar-refractivity contribution in [3.8, 4) is 11.8 Å². The maximum atomic E-state index is 11.6. The van der Waals surface area contributed by atoms with Crippen LogP contribution in [0.1, 0.15) is 22.3 Å². The van der Waals surface area contributed by atoms with Gasteiger partial charge in [0.1, 0.15) is 11.8 Å². The Balaban J connectivity index is 2.71. The highest BCUT2D eigenvalue weighted by Crippen LogP contribution is 2.32. The average molecular weight is 252 g/mol. The van der Waals surface area contributed by atoms with Crippen molar-refractivity contribution in [2.45, 2.75) is 6.42 Å². The Morgan fingerprint density at radius 1 is 1.50 bits per heavy atom. The van der Waals surface area contributed by atoms with Gasteiger partial charge in [0, 0.05) is 10.9 Å². The van der Waals surface area contributed by atoms with Crippen LogP contribution >= 0.6 is 15.9 Å². The Kier molecular flexibility index (Phi) is 2.26. The van der Waals surface area contributed by atoms with Gasteiger partial charge in [-0.25, -0.2) is 0 Å². The second-order valence-electron chi connectivity index (χ2n) is 2.93. The van der Waals surface area contributed by atoms with Crippen molar-refractivity contribution < 1.29 is 9.53 Å². The van der Waals surface area contributed by atoms with Crippen molar-refractivity contribution in [3.05, 3.63) is 27.7 Å². The number of ketones is 1. The van der Waals surface area contributed by atoms with Crippen molar-refractivity contribution in [2.75, 3.05) is 6.61 Å². The van der Waals surface area contributed by atoms with Gasteiger partial charge in [-0.2, -0.15) is 5.26 Å². The highest BCUT2D eigenvalue weighted by molar-refractivity contribution is 9.10. The molecule has 0 aliphatic carbocycles. The minimum absolute atomic E-state index is 0.0240. The molecule has 70 valence electrons. The predicted octanol–water partition coefficient (Wildman–Crippen LogP) is 2.29. The first kappa shape index (κ1) is 9.22. The third-order valence-electron chi connectivity index (χ3n) is 2.09. The quantitative estimate of drug-likeness (QED) is 0.711. The molecule has 2 rings (SSSR count). The number of ether oxygens (including phenoxy) is 1. The zero-order valence-corrected chi connectivity index (χ0v) is 8.80. The second kappa shape index (κ2) is 3.43. The Hall–Kier alpha value is -1.34.